The van der Waals surface area contributed by atoms with Gasteiger partial charge in [0, 0.05) is 12.2 Å². The van der Waals surface area contributed by atoms with Crippen LogP contribution in [0, 0.1) is 0 Å². The summed E-state index contributed by atoms with van der Waals surface area (Å²) >= 11 is 0. The fourth-order valence-electron chi connectivity index (χ4n) is 2.29. The van der Waals surface area contributed by atoms with Crippen LogP contribution in [0.5, 0.6) is 0 Å². The standard InChI is InChI=1S/C18H23N3O.2ClH/c1-18(19,15-9-5-4-6-10-15)17(22)20-16-11-7-8-14(12-16)13-21(2)3;;/h4-12H,13,19H2,1-3H3,(H,20,22);2*1H. The number of amides is 1. The summed E-state index contributed by atoms with van der Waals surface area (Å²) in [5.74, 6) is -0.222. The zero-order valence-electron chi connectivity index (χ0n) is 14.2. The van der Waals surface area contributed by atoms with Gasteiger partial charge in [-0.25, -0.2) is 0 Å². The number of anilines is 1. The molecule has 0 bridgehead atoms. The van der Waals surface area contributed by atoms with E-state index in [9.17, 15) is 4.79 Å². The third kappa shape index (κ3) is 5.80. The van der Waals surface area contributed by atoms with Gasteiger partial charge >= 0.3 is 0 Å². The molecule has 2 aromatic rings. The topological polar surface area (TPSA) is 58.4 Å². The highest BCUT2D eigenvalue weighted by molar-refractivity contribution is 5.98. The lowest BCUT2D eigenvalue weighted by Gasteiger charge is -2.24. The molecule has 1 amide bonds. The summed E-state index contributed by atoms with van der Waals surface area (Å²) in [6.07, 6.45) is 0. The minimum absolute atomic E-state index is 0. The fraction of sp³-hybridized carbons (Fsp3) is 0.278. The number of hydrogen-bond acceptors (Lipinski definition) is 3. The number of nitrogens with two attached hydrogens (primary N) is 1. The van der Waals surface area contributed by atoms with Gasteiger partial charge in [0.05, 0.1) is 0 Å². The second-order valence-corrected chi connectivity index (χ2v) is 5.96. The van der Waals surface area contributed by atoms with Crippen molar-refractivity contribution in [3.05, 3.63) is 65.7 Å². The van der Waals surface area contributed by atoms with Crippen LogP contribution in [0.3, 0.4) is 0 Å². The number of rotatable bonds is 5. The normalized spacial score (nSPS) is 12.5. The second kappa shape index (κ2) is 9.64. The highest BCUT2D eigenvalue weighted by Gasteiger charge is 2.30. The van der Waals surface area contributed by atoms with Gasteiger partial charge in [-0.05, 0) is 44.3 Å². The minimum Gasteiger partial charge on any atom is -0.324 e. The molecule has 0 aliphatic rings. The van der Waals surface area contributed by atoms with Gasteiger partial charge in [0.2, 0.25) is 5.91 Å². The first-order chi connectivity index (χ1) is 10.4. The molecule has 0 saturated heterocycles. The van der Waals surface area contributed by atoms with Gasteiger partial charge in [0.25, 0.3) is 0 Å². The Balaban J connectivity index is 0.00000264. The van der Waals surface area contributed by atoms with Gasteiger partial charge in [-0.1, -0.05) is 42.5 Å². The molecule has 0 fully saturated rings. The van der Waals surface area contributed by atoms with Crippen molar-refractivity contribution in [2.75, 3.05) is 19.4 Å². The van der Waals surface area contributed by atoms with Crippen LogP contribution in [0.15, 0.2) is 54.6 Å². The molecule has 0 radical (unpaired) electrons. The molecule has 24 heavy (non-hydrogen) atoms. The van der Waals surface area contributed by atoms with Crippen LogP contribution in [0.25, 0.3) is 0 Å². The van der Waals surface area contributed by atoms with Crippen LogP contribution >= 0.6 is 24.8 Å². The quantitative estimate of drug-likeness (QED) is 0.848. The van der Waals surface area contributed by atoms with Crippen LogP contribution in [-0.2, 0) is 16.9 Å². The van der Waals surface area contributed by atoms with Crippen molar-refractivity contribution in [3.8, 4) is 0 Å². The van der Waals surface area contributed by atoms with E-state index in [0.29, 0.717) is 0 Å². The molecule has 0 saturated carbocycles. The average molecular weight is 370 g/mol. The van der Waals surface area contributed by atoms with Crippen LogP contribution in [0.4, 0.5) is 5.69 Å². The summed E-state index contributed by atoms with van der Waals surface area (Å²) in [5, 5.41) is 2.91. The van der Waals surface area contributed by atoms with E-state index in [4.69, 9.17) is 5.73 Å². The number of halogens is 2. The van der Waals surface area contributed by atoms with E-state index in [-0.39, 0.29) is 30.7 Å². The molecule has 0 aliphatic carbocycles. The number of hydrogen-bond donors (Lipinski definition) is 2. The molecular formula is C18H25Cl2N3O. The molecule has 0 spiro atoms. The van der Waals surface area contributed by atoms with Crippen molar-refractivity contribution in [1.82, 2.24) is 4.90 Å². The first kappa shape index (κ1) is 22.4. The van der Waals surface area contributed by atoms with E-state index in [1.165, 1.54) is 0 Å². The van der Waals surface area contributed by atoms with Crippen molar-refractivity contribution in [1.29, 1.82) is 0 Å². The Hall–Kier alpha value is -1.59. The molecule has 132 valence electrons. The maximum atomic E-state index is 12.5. The van der Waals surface area contributed by atoms with E-state index in [2.05, 4.69) is 10.2 Å². The summed E-state index contributed by atoms with van der Waals surface area (Å²) in [7, 11) is 4.02. The molecule has 1 unspecified atom stereocenters. The van der Waals surface area contributed by atoms with E-state index in [1.54, 1.807) is 6.92 Å². The van der Waals surface area contributed by atoms with Gasteiger partial charge in [0.15, 0.2) is 0 Å². The molecule has 2 rings (SSSR count). The van der Waals surface area contributed by atoms with Crippen LogP contribution in [-0.4, -0.2) is 24.9 Å². The molecule has 0 heterocycles. The Labute approximate surface area is 156 Å². The van der Waals surface area contributed by atoms with Crippen molar-refractivity contribution < 1.29 is 4.79 Å². The Morgan fingerprint density at radius 2 is 1.71 bits per heavy atom. The largest absolute Gasteiger partial charge is 0.324 e. The lowest BCUT2D eigenvalue weighted by molar-refractivity contribution is -0.120. The monoisotopic (exact) mass is 369 g/mol. The Morgan fingerprint density at radius 3 is 2.29 bits per heavy atom. The molecule has 2 aromatic carbocycles. The van der Waals surface area contributed by atoms with Gasteiger partial charge in [0.1, 0.15) is 5.54 Å². The maximum absolute atomic E-state index is 12.5. The van der Waals surface area contributed by atoms with E-state index < -0.39 is 5.54 Å². The third-order valence-electron chi connectivity index (χ3n) is 3.53. The van der Waals surface area contributed by atoms with Crippen molar-refractivity contribution in [3.63, 3.8) is 0 Å². The Morgan fingerprint density at radius 1 is 1.08 bits per heavy atom. The Kier molecular flexibility index (Phi) is 9.01. The second-order valence-electron chi connectivity index (χ2n) is 5.96. The summed E-state index contributed by atoms with van der Waals surface area (Å²) in [5.41, 5.74) is 7.85. The zero-order valence-corrected chi connectivity index (χ0v) is 15.8. The van der Waals surface area contributed by atoms with Crippen LogP contribution in [0.1, 0.15) is 18.1 Å². The minimum atomic E-state index is -1.07. The lowest BCUT2D eigenvalue weighted by atomic mass is 9.92. The predicted octanol–water partition coefficient (Wildman–Crippen LogP) is 3.40. The molecule has 0 aromatic heterocycles. The van der Waals surface area contributed by atoms with Crippen molar-refractivity contribution in [2.45, 2.75) is 19.0 Å². The van der Waals surface area contributed by atoms with Gasteiger partial charge in [-0.2, -0.15) is 0 Å². The summed E-state index contributed by atoms with van der Waals surface area (Å²) in [6, 6.07) is 17.2. The molecular weight excluding hydrogens is 345 g/mol. The number of nitrogens with one attached hydrogen (secondary N) is 1. The third-order valence-corrected chi connectivity index (χ3v) is 3.53. The first-order valence-corrected chi connectivity index (χ1v) is 7.29. The molecule has 3 N–H and O–H groups in total. The molecule has 6 heteroatoms. The lowest BCUT2D eigenvalue weighted by Crippen LogP contribution is -2.45. The SMILES string of the molecule is CN(C)Cc1cccc(NC(=O)C(C)(N)c2ccccc2)c1.Cl.Cl. The maximum Gasteiger partial charge on any atom is 0.248 e. The number of carbonyl (C=O) groups is 1. The highest BCUT2D eigenvalue weighted by Crippen LogP contribution is 2.20. The zero-order chi connectivity index (χ0) is 16.2. The van der Waals surface area contributed by atoms with Gasteiger partial charge in [-0.15, -0.1) is 24.8 Å². The molecule has 1 atom stereocenters. The number of nitrogens with zero attached hydrogens (tertiary/aromatic N) is 1. The van der Waals surface area contributed by atoms with Gasteiger partial charge < -0.3 is 16.0 Å². The molecule has 0 aliphatic heterocycles. The average Bonchev–Trinajstić information content (AvgIpc) is 2.47. The fourth-order valence-corrected chi connectivity index (χ4v) is 2.29. The number of carbonyl (C=O) groups excluding carboxylic acids is 1. The molecule has 4 nitrogen and oxygen atoms in total. The van der Waals surface area contributed by atoms with E-state index in [0.717, 1.165) is 23.4 Å². The van der Waals surface area contributed by atoms with Crippen LogP contribution in [0.2, 0.25) is 0 Å². The first-order valence-electron chi connectivity index (χ1n) is 7.29. The van der Waals surface area contributed by atoms with Crippen molar-refractivity contribution in [2.24, 2.45) is 5.73 Å². The summed E-state index contributed by atoms with van der Waals surface area (Å²) in [6.45, 7) is 2.55. The van der Waals surface area contributed by atoms with E-state index in [1.807, 2.05) is 68.7 Å². The smallest absolute Gasteiger partial charge is 0.248 e. The van der Waals surface area contributed by atoms with Crippen molar-refractivity contribution >= 4 is 36.4 Å². The Bertz CT molecular complexity index is 646. The summed E-state index contributed by atoms with van der Waals surface area (Å²) < 4.78 is 0. The number of benzene rings is 2. The predicted molar refractivity (Wildman–Crippen MR) is 105 cm³/mol. The highest BCUT2D eigenvalue weighted by atomic mass is 35.5. The van der Waals surface area contributed by atoms with E-state index >= 15 is 0 Å². The van der Waals surface area contributed by atoms with Gasteiger partial charge in [-0.3, -0.25) is 4.79 Å². The summed E-state index contributed by atoms with van der Waals surface area (Å²) in [4.78, 5) is 14.6. The van der Waals surface area contributed by atoms with Crippen LogP contribution < -0.4 is 11.1 Å².